The zero-order chi connectivity index (χ0) is 23.0. The van der Waals surface area contributed by atoms with Gasteiger partial charge >= 0.3 is 12.3 Å². The van der Waals surface area contributed by atoms with Gasteiger partial charge in [0.05, 0.1) is 22.6 Å². The van der Waals surface area contributed by atoms with Gasteiger partial charge in [0.25, 0.3) is 0 Å². The summed E-state index contributed by atoms with van der Waals surface area (Å²) in [6, 6.07) is 3.78. The number of aryl methyl sites for hydroxylation is 3. The summed E-state index contributed by atoms with van der Waals surface area (Å²) in [4.78, 5) is 23.3. The van der Waals surface area contributed by atoms with Crippen LogP contribution in [0.25, 0.3) is 0 Å². The van der Waals surface area contributed by atoms with Gasteiger partial charge in [0.2, 0.25) is 5.95 Å². The number of aromatic nitrogens is 2. The first-order valence-electron chi connectivity index (χ1n) is 10.9. The Kier molecular flexibility index (Phi) is 6.01. The number of amides is 1. The first kappa shape index (κ1) is 22.4. The summed E-state index contributed by atoms with van der Waals surface area (Å²) in [5.74, 6) is 0.820. The molecule has 0 saturated heterocycles. The van der Waals surface area contributed by atoms with E-state index >= 15 is 0 Å². The molecule has 1 atom stereocenters. The highest BCUT2D eigenvalue weighted by Crippen LogP contribution is 2.37. The third kappa shape index (κ3) is 4.52. The maximum atomic E-state index is 13.1. The van der Waals surface area contributed by atoms with Crippen molar-refractivity contribution in [2.24, 2.45) is 5.92 Å². The zero-order valence-corrected chi connectivity index (χ0v) is 18.4. The molecule has 1 aliphatic carbocycles. The van der Waals surface area contributed by atoms with Crippen molar-refractivity contribution in [1.29, 1.82) is 0 Å². The van der Waals surface area contributed by atoms with Gasteiger partial charge in [-0.2, -0.15) is 13.2 Å². The van der Waals surface area contributed by atoms with Gasteiger partial charge in [-0.1, -0.05) is 6.42 Å². The highest BCUT2D eigenvalue weighted by Gasteiger charge is 2.32. The number of benzene rings is 1. The Morgan fingerprint density at radius 1 is 1.19 bits per heavy atom. The van der Waals surface area contributed by atoms with Gasteiger partial charge in [0, 0.05) is 12.2 Å². The minimum absolute atomic E-state index is 0.143. The summed E-state index contributed by atoms with van der Waals surface area (Å²) in [5.41, 5.74) is 2.28. The predicted molar refractivity (Wildman–Crippen MR) is 115 cm³/mol. The van der Waals surface area contributed by atoms with Crippen LogP contribution in [0.4, 0.5) is 35.3 Å². The van der Waals surface area contributed by atoms with Crippen molar-refractivity contribution in [3.05, 3.63) is 40.7 Å². The fraction of sp³-hybridized carbons (Fsp3) is 0.522. The average molecular weight is 448 g/mol. The molecule has 1 saturated carbocycles. The standard InChI is InChI=1S/C23H27F3N4O2/c1-13-20(29-22(31)32-15(3)16-6-4-7-16)14(2)28-21(27-13)30-11-5-8-17-12-18(23(24,25)26)9-10-19(17)30/h9-10,12,15-16H,4-8,11H2,1-3H3,(H,29,31). The van der Waals surface area contributed by atoms with Crippen LogP contribution in [0.3, 0.4) is 0 Å². The number of hydrogen-bond acceptors (Lipinski definition) is 5. The number of nitrogens with zero attached hydrogens (tertiary/aromatic N) is 3. The van der Waals surface area contributed by atoms with E-state index in [1.165, 1.54) is 18.6 Å². The Labute approximate surface area is 185 Å². The van der Waals surface area contributed by atoms with E-state index in [1.54, 1.807) is 13.8 Å². The van der Waals surface area contributed by atoms with Crippen molar-refractivity contribution < 1.29 is 22.7 Å². The molecule has 1 aromatic carbocycles. The van der Waals surface area contributed by atoms with E-state index in [4.69, 9.17) is 4.74 Å². The van der Waals surface area contributed by atoms with Crippen LogP contribution < -0.4 is 10.2 Å². The van der Waals surface area contributed by atoms with E-state index in [2.05, 4.69) is 15.3 Å². The van der Waals surface area contributed by atoms with Crippen molar-refractivity contribution in [3.8, 4) is 0 Å². The van der Waals surface area contributed by atoms with E-state index in [1.807, 2.05) is 11.8 Å². The molecular formula is C23H27F3N4O2. The fourth-order valence-corrected chi connectivity index (χ4v) is 4.29. The van der Waals surface area contributed by atoms with Crippen molar-refractivity contribution in [3.63, 3.8) is 0 Å². The molecule has 172 valence electrons. The molecule has 1 fully saturated rings. The lowest BCUT2D eigenvalue weighted by molar-refractivity contribution is -0.137. The lowest BCUT2D eigenvalue weighted by atomic mass is 9.82. The third-order valence-electron chi connectivity index (χ3n) is 6.36. The van der Waals surface area contributed by atoms with Crippen LogP contribution in [0.5, 0.6) is 0 Å². The minimum Gasteiger partial charge on any atom is -0.446 e. The first-order valence-corrected chi connectivity index (χ1v) is 10.9. The molecule has 1 aliphatic heterocycles. The normalized spacial score (nSPS) is 17.4. The average Bonchev–Trinajstić information content (AvgIpc) is 2.67. The topological polar surface area (TPSA) is 67.4 Å². The number of hydrogen-bond donors (Lipinski definition) is 1. The number of nitrogens with one attached hydrogen (secondary N) is 1. The molecule has 2 heterocycles. The Bertz CT molecular complexity index is 998. The number of fused-ring (bicyclic) bond motifs is 1. The quantitative estimate of drug-likeness (QED) is 0.628. The van der Waals surface area contributed by atoms with Crippen LogP contribution in [0.15, 0.2) is 18.2 Å². The number of alkyl halides is 3. The summed E-state index contributed by atoms with van der Waals surface area (Å²) >= 11 is 0. The lowest BCUT2D eigenvalue weighted by Gasteiger charge is -2.31. The molecule has 2 aromatic rings. The van der Waals surface area contributed by atoms with Crippen molar-refractivity contribution in [1.82, 2.24) is 9.97 Å². The third-order valence-corrected chi connectivity index (χ3v) is 6.36. The van der Waals surface area contributed by atoms with Gasteiger partial charge in [0.15, 0.2) is 0 Å². The monoisotopic (exact) mass is 448 g/mol. The molecule has 1 aromatic heterocycles. The van der Waals surface area contributed by atoms with Crippen molar-refractivity contribution in [2.75, 3.05) is 16.8 Å². The molecule has 0 bridgehead atoms. The van der Waals surface area contributed by atoms with Gasteiger partial charge in [-0.25, -0.2) is 14.8 Å². The van der Waals surface area contributed by atoms with E-state index in [-0.39, 0.29) is 6.10 Å². The second kappa shape index (κ2) is 8.60. The van der Waals surface area contributed by atoms with Gasteiger partial charge in [0.1, 0.15) is 6.10 Å². The lowest BCUT2D eigenvalue weighted by Crippen LogP contribution is -2.31. The van der Waals surface area contributed by atoms with E-state index in [0.29, 0.717) is 59.6 Å². The largest absolute Gasteiger partial charge is 0.446 e. The number of ether oxygens (including phenoxy) is 1. The molecule has 4 rings (SSSR count). The minimum atomic E-state index is -4.38. The molecule has 1 amide bonds. The summed E-state index contributed by atoms with van der Waals surface area (Å²) in [7, 11) is 0. The highest BCUT2D eigenvalue weighted by atomic mass is 19.4. The van der Waals surface area contributed by atoms with Gasteiger partial charge in [-0.15, -0.1) is 0 Å². The van der Waals surface area contributed by atoms with Crippen molar-refractivity contribution >= 4 is 23.4 Å². The summed E-state index contributed by atoms with van der Waals surface area (Å²) < 4.78 is 44.8. The molecule has 6 nitrogen and oxygen atoms in total. The van der Waals surface area contributed by atoms with Crippen LogP contribution in [-0.2, 0) is 17.3 Å². The Balaban J connectivity index is 1.54. The number of halogens is 3. The van der Waals surface area contributed by atoms with Crippen LogP contribution in [0.2, 0.25) is 0 Å². The Morgan fingerprint density at radius 3 is 2.47 bits per heavy atom. The number of carbonyl (C=O) groups excluding carboxylic acids is 1. The molecule has 32 heavy (non-hydrogen) atoms. The van der Waals surface area contributed by atoms with E-state index in [9.17, 15) is 18.0 Å². The van der Waals surface area contributed by atoms with Crippen LogP contribution >= 0.6 is 0 Å². The van der Waals surface area contributed by atoms with Crippen LogP contribution in [0.1, 0.15) is 55.1 Å². The molecule has 2 aliphatic rings. The van der Waals surface area contributed by atoms with Crippen LogP contribution in [0, 0.1) is 19.8 Å². The summed E-state index contributed by atoms with van der Waals surface area (Å²) in [6.45, 7) is 6.03. The molecule has 1 N–H and O–H groups in total. The van der Waals surface area contributed by atoms with E-state index in [0.717, 1.165) is 18.9 Å². The second-order valence-electron chi connectivity index (χ2n) is 8.59. The summed E-state index contributed by atoms with van der Waals surface area (Å²) in [5, 5.41) is 2.76. The molecular weight excluding hydrogens is 421 g/mol. The maximum absolute atomic E-state index is 13.1. The Hall–Kier alpha value is -2.84. The smallest absolute Gasteiger partial charge is 0.416 e. The second-order valence-corrected chi connectivity index (χ2v) is 8.59. The Morgan fingerprint density at radius 2 is 1.88 bits per heavy atom. The first-order chi connectivity index (χ1) is 15.1. The highest BCUT2D eigenvalue weighted by molar-refractivity contribution is 5.86. The molecule has 1 unspecified atom stereocenters. The number of anilines is 3. The maximum Gasteiger partial charge on any atom is 0.416 e. The zero-order valence-electron chi connectivity index (χ0n) is 18.4. The SMILES string of the molecule is Cc1nc(N2CCCc3cc(C(F)(F)F)ccc32)nc(C)c1NC(=O)OC(C)C1CCC1. The van der Waals surface area contributed by atoms with Gasteiger partial charge in [-0.05, 0) is 76.1 Å². The molecule has 9 heteroatoms. The predicted octanol–water partition coefficient (Wildman–Crippen LogP) is 5.93. The van der Waals surface area contributed by atoms with Gasteiger partial charge in [-0.3, -0.25) is 5.32 Å². The summed E-state index contributed by atoms with van der Waals surface area (Å²) in [6.07, 6.45) is -0.465. The van der Waals surface area contributed by atoms with Crippen LogP contribution in [-0.4, -0.2) is 28.7 Å². The van der Waals surface area contributed by atoms with E-state index < -0.39 is 17.8 Å². The van der Waals surface area contributed by atoms with Gasteiger partial charge < -0.3 is 9.64 Å². The number of rotatable bonds is 4. The van der Waals surface area contributed by atoms with Crippen molar-refractivity contribution in [2.45, 2.75) is 65.2 Å². The molecule has 0 radical (unpaired) electrons. The fourth-order valence-electron chi connectivity index (χ4n) is 4.29. The molecule has 0 spiro atoms. The number of carbonyl (C=O) groups is 1.